The zero-order chi connectivity index (χ0) is 16.8. The Morgan fingerprint density at radius 2 is 1.78 bits per heavy atom. The topological polar surface area (TPSA) is 49.8 Å². The van der Waals surface area contributed by atoms with Crippen molar-refractivity contribution in [3.63, 3.8) is 0 Å². The maximum absolute atomic E-state index is 12.3. The lowest BCUT2D eigenvalue weighted by Gasteiger charge is -2.19. The third kappa shape index (κ3) is 4.10. The normalized spacial score (nSPS) is 11.8. The van der Waals surface area contributed by atoms with Crippen LogP contribution < -0.4 is 4.52 Å². The number of hydrogen-bond donors (Lipinski definition) is 1. The van der Waals surface area contributed by atoms with E-state index < -0.39 is 6.10 Å². The van der Waals surface area contributed by atoms with E-state index in [0.717, 1.165) is 11.1 Å². The van der Waals surface area contributed by atoms with Crippen molar-refractivity contribution in [3.05, 3.63) is 65.2 Å². The lowest BCUT2D eigenvalue weighted by Crippen LogP contribution is -2.30. The Hall–Kier alpha value is -1.90. The summed E-state index contributed by atoms with van der Waals surface area (Å²) in [6, 6.07) is 14.4. The molecule has 0 aromatic heterocycles. The molecular formula is C18H22NO3P. The molecule has 0 aliphatic carbocycles. The van der Waals surface area contributed by atoms with Crippen LogP contribution in [0.4, 0.5) is 0 Å². The van der Waals surface area contributed by atoms with Gasteiger partial charge >= 0.3 is 0 Å². The smallest absolute Gasteiger partial charge is 0.253 e. The SMILES string of the molecule is CCN(CC)C(=O)c1ccc(C(O)c2cccc(OP)c2)cc1. The Bertz CT molecular complexity index is 654. The summed E-state index contributed by atoms with van der Waals surface area (Å²) in [6.45, 7) is 5.28. The molecule has 2 rings (SSSR count). The third-order valence-corrected chi connectivity index (χ3v) is 4.11. The summed E-state index contributed by atoms with van der Waals surface area (Å²) >= 11 is 0. The minimum atomic E-state index is -0.757. The molecule has 5 heteroatoms. The number of aliphatic hydroxyl groups excluding tert-OH is 1. The van der Waals surface area contributed by atoms with Gasteiger partial charge in [-0.15, -0.1) is 0 Å². The molecule has 0 bridgehead atoms. The van der Waals surface area contributed by atoms with E-state index in [1.165, 1.54) is 0 Å². The van der Waals surface area contributed by atoms with E-state index in [4.69, 9.17) is 4.52 Å². The predicted molar refractivity (Wildman–Crippen MR) is 94.5 cm³/mol. The van der Waals surface area contributed by atoms with Crippen LogP contribution in [0.3, 0.4) is 0 Å². The van der Waals surface area contributed by atoms with Gasteiger partial charge in [-0.3, -0.25) is 4.79 Å². The summed E-state index contributed by atoms with van der Waals surface area (Å²) in [6.07, 6.45) is -0.757. The van der Waals surface area contributed by atoms with Gasteiger partial charge in [0, 0.05) is 18.7 Å². The fourth-order valence-electron chi connectivity index (χ4n) is 2.45. The lowest BCUT2D eigenvalue weighted by molar-refractivity contribution is 0.0773. The summed E-state index contributed by atoms with van der Waals surface area (Å²) in [4.78, 5) is 14.1. The van der Waals surface area contributed by atoms with Crippen LogP contribution in [-0.4, -0.2) is 29.0 Å². The fraction of sp³-hybridized carbons (Fsp3) is 0.278. The van der Waals surface area contributed by atoms with E-state index in [9.17, 15) is 9.90 Å². The first kappa shape index (κ1) is 17.5. The Kier molecular flexibility index (Phi) is 6.14. The highest BCUT2D eigenvalue weighted by Gasteiger charge is 2.15. The summed E-state index contributed by atoms with van der Waals surface area (Å²) in [5.41, 5.74) is 2.11. The van der Waals surface area contributed by atoms with Crippen LogP contribution in [-0.2, 0) is 0 Å². The number of carbonyl (C=O) groups excluding carboxylic acids is 1. The highest BCUT2D eigenvalue weighted by atomic mass is 31.0. The quantitative estimate of drug-likeness (QED) is 0.825. The molecule has 2 aromatic rings. The van der Waals surface area contributed by atoms with Crippen molar-refractivity contribution in [1.82, 2.24) is 4.90 Å². The second-order valence-electron chi connectivity index (χ2n) is 5.19. The van der Waals surface area contributed by atoms with Crippen LogP contribution in [0.25, 0.3) is 0 Å². The van der Waals surface area contributed by atoms with Gasteiger partial charge in [0.2, 0.25) is 0 Å². The van der Waals surface area contributed by atoms with Crippen LogP contribution >= 0.6 is 9.47 Å². The fourth-order valence-corrected chi connectivity index (χ4v) is 2.60. The Morgan fingerprint density at radius 3 is 2.35 bits per heavy atom. The van der Waals surface area contributed by atoms with E-state index >= 15 is 0 Å². The van der Waals surface area contributed by atoms with Crippen molar-refractivity contribution in [1.29, 1.82) is 0 Å². The Morgan fingerprint density at radius 1 is 1.13 bits per heavy atom. The van der Waals surface area contributed by atoms with E-state index in [0.29, 0.717) is 24.4 Å². The van der Waals surface area contributed by atoms with Crippen molar-refractivity contribution < 1.29 is 14.4 Å². The first-order valence-electron chi connectivity index (χ1n) is 7.64. The largest absolute Gasteiger partial charge is 0.480 e. The summed E-state index contributed by atoms with van der Waals surface area (Å²) in [5.74, 6) is 0.675. The number of hydrogen-bond acceptors (Lipinski definition) is 3. The monoisotopic (exact) mass is 331 g/mol. The molecule has 23 heavy (non-hydrogen) atoms. The van der Waals surface area contributed by atoms with Gasteiger partial charge < -0.3 is 14.5 Å². The number of benzene rings is 2. The first-order valence-corrected chi connectivity index (χ1v) is 8.11. The summed E-state index contributed by atoms with van der Waals surface area (Å²) in [7, 11) is 2.19. The molecule has 0 aliphatic heterocycles. The third-order valence-electron chi connectivity index (χ3n) is 3.83. The average Bonchev–Trinajstić information content (AvgIpc) is 2.62. The van der Waals surface area contributed by atoms with Gasteiger partial charge in [-0.05, 0) is 49.2 Å². The average molecular weight is 331 g/mol. The lowest BCUT2D eigenvalue weighted by atomic mass is 10.00. The van der Waals surface area contributed by atoms with E-state index in [1.54, 1.807) is 35.2 Å². The maximum atomic E-state index is 12.3. The number of nitrogens with zero attached hydrogens (tertiary/aromatic N) is 1. The highest BCUT2D eigenvalue weighted by molar-refractivity contribution is 7.10. The molecule has 0 heterocycles. The molecule has 0 saturated carbocycles. The zero-order valence-corrected chi connectivity index (χ0v) is 14.6. The number of rotatable bonds is 6. The maximum Gasteiger partial charge on any atom is 0.253 e. The van der Waals surface area contributed by atoms with Crippen molar-refractivity contribution in [3.8, 4) is 5.75 Å². The van der Waals surface area contributed by atoms with Gasteiger partial charge in [0.15, 0.2) is 0 Å². The molecule has 0 radical (unpaired) electrons. The second-order valence-corrected chi connectivity index (χ2v) is 5.43. The number of amides is 1. The van der Waals surface area contributed by atoms with Gasteiger partial charge in [0.05, 0.1) is 9.47 Å². The van der Waals surface area contributed by atoms with E-state index in [1.807, 2.05) is 32.0 Å². The van der Waals surface area contributed by atoms with Crippen LogP contribution in [0.1, 0.15) is 41.4 Å². The molecule has 0 fully saturated rings. The van der Waals surface area contributed by atoms with Crippen molar-refractivity contribution in [2.45, 2.75) is 20.0 Å². The van der Waals surface area contributed by atoms with Crippen molar-refractivity contribution >= 4 is 15.4 Å². The van der Waals surface area contributed by atoms with Crippen LogP contribution in [0.2, 0.25) is 0 Å². The minimum Gasteiger partial charge on any atom is -0.480 e. The van der Waals surface area contributed by atoms with Crippen molar-refractivity contribution in [2.24, 2.45) is 0 Å². The molecule has 2 aromatic carbocycles. The van der Waals surface area contributed by atoms with Gasteiger partial charge in [-0.2, -0.15) is 0 Å². The molecular weight excluding hydrogens is 309 g/mol. The molecule has 0 aliphatic rings. The van der Waals surface area contributed by atoms with Crippen LogP contribution in [0.5, 0.6) is 5.75 Å². The van der Waals surface area contributed by atoms with Crippen LogP contribution in [0, 0.1) is 0 Å². The number of carbonyl (C=O) groups is 1. The molecule has 2 unspecified atom stereocenters. The summed E-state index contributed by atoms with van der Waals surface area (Å²) in [5, 5.41) is 10.5. The summed E-state index contributed by atoms with van der Waals surface area (Å²) < 4.78 is 5.10. The minimum absolute atomic E-state index is 0.00875. The Balaban J connectivity index is 2.20. The van der Waals surface area contributed by atoms with Gasteiger partial charge in [-0.25, -0.2) is 0 Å². The van der Waals surface area contributed by atoms with E-state index in [-0.39, 0.29) is 5.91 Å². The molecule has 2 atom stereocenters. The standard InChI is InChI=1S/C18H22NO3P/c1-3-19(4-2)18(21)14-10-8-13(9-11-14)17(20)15-6-5-7-16(12-15)22-23/h5-12,17,20H,3-4,23H2,1-2H3. The molecule has 122 valence electrons. The number of aliphatic hydroxyl groups is 1. The van der Waals surface area contributed by atoms with E-state index in [2.05, 4.69) is 9.47 Å². The second kappa shape index (κ2) is 8.09. The van der Waals surface area contributed by atoms with Crippen molar-refractivity contribution in [2.75, 3.05) is 13.1 Å². The molecule has 1 amide bonds. The highest BCUT2D eigenvalue weighted by Crippen LogP contribution is 2.26. The molecule has 0 spiro atoms. The molecule has 0 saturated heterocycles. The van der Waals surface area contributed by atoms with Gasteiger partial charge in [-0.1, -0.05) is 24.3 Å². The van der Waals surface area contributed by atoms with Gasteiger partial charge in [0.25, 0.3) is 5.91 Å². The first-order chi connectivity index (χ1) is 11.1. The zero-order valence-electron chi connectivity index (χ0n) is 13.4. The van der Waals surface area contributed by atoms with Crippen LogP contribution in [0.15, 0.2) is 48.5 Å². The van der Waals surface area contributed by atoms with Gasteiger partial charge in [0.1, 0.15) is 11.9 Å². The molecule has 1 N–H and O–H groups in total. The predicted octanol–water partition coefficient (Wildman–Crippen LogP) is 3.42. The Labute approximate surface area is 139 Å². The molecule has 4 nitrogen and oxygen atoms in total.